The lowest BCUT2D eigenvalue weighted by Gasteiger charge is -2.14. The van der Waals surface area contributed by atoms with Gasteiger partial charge in [-0.1, -0.05) is 29.3 Å². The summed E-state index contributed by atoms with van der Waals surface area (Å²) in [6, 6.07) is 8.86. The molecule has 3 aromatic rings. The zero-order valence-electron chi connectivity index (χ0n) is 19.8. The summed E-state index contributed by atoms with van der Waals surface area (Å²) in [6.07, 6.45) is 0. The third-order valence-electron chi connectivity index (χ3n) is 5.95. The molecule has 6 nitrogen and oxygen atoms in total. The normalized spacial score (nSPS) is 17.5. The summed E-state index contributed by atoms with van der Waals surface area (Å²) in [7, 11) is 0. The van der Waals surface area contributed by atoms with Crippen molar-refractivity contribution < 1.29 is 36.3 Å². The number of carbonyl (C=O) groups excluding carboxylic acids is 3. The third-order valence-corrected chi connectivity index (χ3v) is 7.68. The van der Waals surface area contributed by atoms with E-state index in [0.29, 0.717) is 11.6 Å². The number of hydrogen-bond acceptors (Lipinski definition) is 3. The smallest absolute Gasteiger partial charge is 0.326 e. The van der Waals surface area contributed by atoms with Gasteiger partial charge in [-0.05, 0) is 59.6 Å². The molecule has 0 aliphatic heterocycles. The molecule has 3 N–H and O–H groups in total. The predicted octanol–water partition coefficient (Wildman–Crippen LogP) is 7.96. The monoisotopic (exact) mass is 673 g/mol. The van der Waals surface area contributed by atoms with Gasteiger partial charge in [0.15, 0.2) is 5.82 Å². The first-order valence-electron chi connectivity index (χ1n) is 11.1. The van der Waals surface area contributed by atoms with Crippen LogP contribution in [0.3, 0.4) is 0 Å². The average Bonchev–Trinajstić information content (AvgIpc) is 3.47. The first-order chi connectivity index (χ1) is 19.0. The lowest BCUT2D eigenvalue weighted by Crippen LogP contribution is -2.30. The van der Waals surface area contributed by atoms with Gasteiger partial charge in [0, 0.05) is 11.6 Å². The van der Waals surface area contributed by atoms with Crippen LogP contribution >= 0.6 is 58.0 Å². The van der Waals surface area contributed by atoms with Crippen molar-refractivity contribution in [2.45, 2.75) is 15.6 Å². The topological polar surface area (TPSA) is 87.3 Å². The molecule has 1 saturated carbocycles. The van der Waals surface area contributed by atoms with Crippen molar-refractivity contribution in [1.29, 1.82) is 0 Å². The minimum absolute atomic E-state index is 0.0494. The minimum Gasteiger partial charge on any atom is -0.326 e. The molecule has 0 heterocycles. The molecule has 4 rings (SSSR count). The van der Waals surface area contributed by atoms with Crippen molar-refractivity contribution in [3.05, 3.63) is 87.2 Å². The van der Waals surface area contributed by atoms with E-state index >= 15 is 0 Å². The van der Waals surface area contributed by atoms with Gasteiger partial charge in [-0.2, -0.15) is 8.78 Å². The quantitative estimate of drug-likeness (QED) is 0.176. The van der Waals surface area contributed by atoms with Gasteiger partial charge in [0.2, 0.25) is 5.91 Å². The summed E-state index contributed by atoms with van der Waals surface area (Å²) in [6.45, 7) is 0. The Morgan fingerprint density at radius 2 is 1.49 bits per heavy atom. The van der Waals surface area contributed by atoms with Crippen molar-refractivity contribution in [1.82, 2.24) is 0 Å². The Morgan fingerprint density at radius 3 is 2.12 bits per heavy atom. The van der Waals surface area contributed by atoms with Crippen LogP contribution in [0.1, 0.15) is 21.8 Å². The number of hydrogen-bond donors (Lipinski definition) is 3. The second kappa shape index (κ2) is 11.4. The van der Waals surface area contributed by atoms with Crippen LogP contribution in [0, 0.1) is 23.4 Å². The Bertz CT molecular complexity index is 1590. The number of alkyl halides is 5. The Morgan fingerprint density at radius 1 is 0.829 bits per heavy atom. The van der Waals surface area contributed by atoms with Crippen molar-refractivity contribution >= 4 is 92.8 Å². The Kier molecular flexibility index (Phi) is 8.69. The molecule has 2 atom stereocenters. The number of amides is 3. The van der Waals surface area contributed by atoms with Crippen LogP contribution in [0.4, 0.5) is 39.0 Å². The van der Waals surface area contributed by atoms with Gasteiger partial charge in [0.1, 0.15) is 21.7 Å². The summed E-state index contributed by atoms with van der Waals surface area (Å²) < 4.78 is 66.7. The fraction of sp³-hybridized carbons (Fsp3) is 0.160. The highest BCUT2D eigenvalue weighted by Crippen LogP contribution is 2.65. The molecule has 1 aliphatic carbocycles. The van der Waals surface area contributed by atoms with Crippen LogP contribution < -0.4 is 16.0 Å². The summed E-state index contributed by atoms with van der Waals surface area (Å²) in [5, 5.41) is 1.13. The van der Waals surface area contributed by atoms with Crippen LogP contribution in [0.25, 0.3) is 0 Å². The van der Waals surface area contributed by atoms with Crippen molar-refractivity contribution in [2.75, 3.05) is 16.0 Å². The fourth-order valence-electron chi connectivity index (χ4n) is 3.91. The molecule has 0 saturated heterocycles. The number of anilines is 3. The fourth-order valence-corrected chi connectivity index (χ4v) is 5.18. The van der Waals surface area contributed by atoms with Gasteiger partial charge in [-0.3, -0.25) is 14.4 Å². The summed E-state index contributed by atoms with van der Waals surface area (Å²) >= 11 is 29.1. The van der Waals surface area contributed by atoms with Gasteiger partial charge in [-0.25, -0.2) is 13.2 Å². The zero-order chi connectivity index (χ0) is 30.4. The van der Waals surface area contributed by atoms with Gasteiger partial charge in [0.25, 0.3) is 5.91 Å². The van der Waals surface area contributed by atoms with Crippen LogP contribution in [-0.2, 0) is 9.59 Å². The maximum atomic E-state index is 14.8. The summed E-state index contributed by atoms with van der Waals surface area (Å²) in [4.78, 5) is 37.2. The highest BCUT2D eigenvalue weighted by molar-refractivity contribution is 6.53. The lowest BCUT2D eigenvalue weighted by atomic mass is 10.1. The Balaban J connectivity index is 1.52. The standard InChI is InChI=1S/C25H13Cl5F5N3O3/c26-12-3-2-10(36-22(40)18-17(24(18,28)29)9-1-4-14(31)13(27)7-9)8-11(12)21(39)37-16-6-5-15(32)20(19(16)33)38-23(41)25(30,34)35/h1-8,17-18H,(H,36,40)(H,37,39)(H,38,41)/t17-,18+/m0/s1. The molecule has 3 amide bonds. The molecule has 41 heavy (non-hydrogen) atoms. The van der Waals surface area contributed by atoms with E-state index in [9.17, 15) is 36.3 Å². The van der Waals surface area contributed by atoms with Crippen molar-refractivity contribution in [3.63, 3.8) is 0 Å². The van der Waals surface area contributed by atoms with E-state index in [1.807, 2.05) is 0 Å². The first kappa shape index (κ1) is 31.1. The maximum Gasteiger partial charge on any atom is 0.400 e. The Labute approximate surface area is 253 Å². The molecule has 16 heteroatoms. The van der Waals surface area contributed by atoms with Crippen LogP contribution in [0.15, 0.2) is 48.5 Å². The van der Waals surface area contributed by atoms with E-state index < -0.39 is 68.1 Å². The molecular weight excluding hydrogens is 663 g/mol. The van der Waals surface area contributed by atoms with Gasteiger partial charge < -0.3 is 16.0 Å². The predicted molar refractivity (Wildman–Crippen MR) is 146 cm³/mol. The number of rotatable bonds is 7. The highest BCUT2D eigenvalue weighted by atomic mass is 35.5. The number of benzene rings is 3. The average molecular weight is 676 g/mol. The van der Waals surface area contributed by atoms with E-state index in [2.05, 4.69) is 22.2 Å². The van der Waals surface area contributed by atoms with Crippen LogP contribution in [-0.4, -0.2) is 27.4 Å². The van der Waals surface area contributed by atoms with E-state index in [1.54, 1.807) is 0 Å². The zero-order valence-corrected chi connectivity index (χ0v) is 23.6. The minimum atomic E-state index is -4.46. The van der Waals surface area contributed by atoms with Crippen molar-refractivity contribution in [2.24, 2.45) is 5.92 Å². The first-order valence-corrected chi connectivity index (χ1v) is 13.0. The van der Waals surface area contributed by atoms with E-state index in [0.717, 1.165) is 18.2 Å². The van der Waals surface area contributed by atoms with Gasteiger partial charge in [0.05, 0.1) is 27.2 Å². The molecular formula is C25H13Cl5F5N3O3. The number of carbonyl (C=O) groups is 3. The Hall–Kier alpha value is -2.83. The lowest BCUT2D eigenvalue weighted by molar-refractivity contribution is -0.130. The molecule has 0 aromatic heterocycles. The number of nitrogens with one attached hydrogen (secondary N) is 3. The van der Waals surface area contributed by atoms with Crippen LogP contribution in [0.2, 0.25) is 10.0 Å². The van der Waals surface area contributed by atoms with E-state index in [4.69, 9.17) is 46.4 Å². The molecule has 0 spiro atoms. The second-order valence-electron chi connectivity index (χ2n) is 8.68. The second-order valence-corrected chi connectivity index (χ2v) is 11.4. The highest BCUT2D eigenvalue weighted by Gasteiger charge is 2.67. The largest absolute Gasteiger partial charge is 0.400 e. The summed E-state index contributed by atoms with van der Waals surface area (Å²) in [5.74, 6) is -9.30. The molecule has 216 valence electrons. The molecule has 3 aromatic carbocycles. The molecule has 1 aliphatic rings. The maximum absolute atomic E-state index is 14.8. The summed E-state index contributed by atoms with van der Waals surface area (Å²) in [5.41, 5.74) is -1.81. The molecule has 1 fully saturated rings. The van der Waals surface area contributed by atoms with E-state index in [1.165, 1.54) is 29.6 Å². The third kappa shape index (κ3) is 6.49. The molecule has 0 radical (unpaired) electrons. The molecule has 0 unspecified atom stereocenters. The van der Waals surface area contributed by atoms with Gasteiger partial charge >= 0.3 is 11.3 Å². The van der Waals surface area contributed by atoms with Crippen molar-refractivity contribution in [3.8, 4) is 0 Å². The molecule has 0 bridgehead atoms. The number of halogens is 10. The van der Waals surface area contributed by atoms with Crippen LogP contribution in [0.5, 0.6) is 0 Å². The van der Waals surface area contributed by atoms with E-state index in [-0.39, 0.29) is 21.3 Å². The van der Waals surface area contributed by atoms with Gasteiger partial charge in [-0.15, -0.1) is 23.2 Å². The SMILES string of the molecule is O=C(Nc1ccc(F)c(NC(=O)C(F)(F)Cl)c1F)c1cc(NC(=O)[C@H]2[C@H](c3ccc(F)c(Cl)c3)C2(Cl)Cl)ccc1Cl.